The molecule has 1 aliphatic rings. The third kappa shape index (κ3) is 2.69. The monoisotopic (exact) mass is 257 g/mol. The number of ether oxygens (including phenoxy) is 2. The van der Waals surface area contributed by atoms with E-state index in [9.17, 15) is 0 Å². The summed E-state index contributed by atoms with van der Waals surface area (Å²) in [5, 5.41) is 0. The van der Waals surface area contributed by atoms with Crippen LogP contribution in [-0.4, -0.2) is 24.3 Å². The van der Waals surface area contributed by atoms with Gasteiger partial charge in [0, 0.05) is 23.3 Å². The van der Waals surface area contributed by atoms with Gasteiger partial charge in [0.2, 0.25) is 5.88 Å². The van der Waals surface area contributed by atoms with E-state index in [-0.39, 0.29) is 6.10 Å². The molecule has 1 atom stereocenters. The summed E-state index contributed by atoms with van der Waals surface area (Å²) in [5.41, 5.74) is 0. The maximum Gasteiger partial charge on any atom is 0.214 e. The van der Waals surface area contributed by atoms with Crippen LogP contribution < -0.4 is 4.74 Å². The first kappa shape index (κ1) is 9.93. The molecular weight excluding hydrogens is 246 g/mol. The Bertz CT molecular complexity index is 300. The summed E-state index contributed by atoms with van der Waals surface area (Å²) in [5.74, 6) is 0.662. The first-order chi connectivity index (χ1) is 6.84. The Morgan fingerprint density at radius 2 is 2.50 bits per heavy atom. The molecule has 76 valence electrons. The second kappa shape index (κ2) is 4.75. The van der Waals surface area contributed by atoms with Crippen molar-refractivity contribution in [1.29, 1.82) is 0 Å². The molecule has 0 aromatic carbocycles. The minimum absolute atomic E-state index is 0.158. The molecule has 0 amide bonds. The van der Waals surface area contributed by atoms with Crippen LogP contribution in [-0.2, 0) is 4.74 Å². The second-order valence-corrected chi connectivity index (χ2v) is 4.18. The number of hydrogen-bond acceptors (Lipinski definition) is 3. The van der Waals surface area contributed by atoms with Gasteiger partial charge in [-0.3, -0.25) is 0 Å². The fraction of sp³-hybridized carbons (Fsp3) is 0.500. The smallest absolute Gasteiger partial charge is 0.214 e. The third-order valence-corrected chi connectivity index (χ3v) is 2.60. The Morgan fingerprint density at radius 3 is 3.21 bits per heavy atom. The molecule has 1 aromatic heterocycles. The van der Waals surface area contributed by atoms with E-state index < -0.39 is 0 Å². The lowest BCUT2D eigenvalue weighted by Gasteiger charge is -2.22. The Kier molecular flexibility index (Phi) is 3.37. The summed E-state index contributed by atoms with van der Waals surface area (Å²) in [7, 11) is 0. The number of rotatable bonds is 2. The number of nitrogens with zero attached hydrogens (tertiary/aromatic N) is 1. The van der Waals surface area contributed by atoms with Gasteiger partial charge in [0.25, 0.3) is 0 Å². The van der Waals surface area contributed by atoms with Gasteiger partial charge in [0.05, 0.1) is 6.61 Å². The van der Waals surface area contributed by atoms with Crippen LogP contribution in [0.15, 0.2) is 22.8 Å². The molecule has 3 nitrogen and oxygen atoms in total. The molecule has 1 aromatic rings. The maximum atomic E-state index is 5.67. The molecule has 0 spiro atoms. The van der Waals surface area contributed by atoms with Gasteiger partial charge in [0.15, 0.2) is 0 Å². The van der Waals surface area contributed by atoms with Gasteiger partial charge >= 0.3 is 0 Å². The zero-order valence-electron chi connectivity index (χ0n) is 7.78. The van der Waals surface area contributed by atoms with Crippen LogP contribution >= 0.6 is 15.9 Å². The quantitative estimate of drug-likeness (QED) is 0.816. The summed E-state index contributed by atoms with van der Waals surface area (Å²) >= 11 is 3.38. The summed E-state index contributed by atoms with van der Waals surface area (Å²) in [4.78, 5) is 4.13. The van der Waals surface area contributed by atoms with Gasteiger partial charge in [-0.15, -0.1) is 0 Å². The van der Waals surface area contributed by atoms with E-state index in [0.717, 1.165) is 23.9 Å². The summed E-state index contributed by atoms with van der Waals surface area (Å²) < 4.78 is 12.0. The third-order valence-electron chi connectivity index (χ3n) is 2.10. The molecule has 0 radical (unpaired) electrons. The molecule has 0 bridgehead atoms. The fourth-order valence-corrected chi connectivity index (χ4v) is 1.74. The fourth-order valence-electron chi connectivity index (χ4n) is 1.42. The Balaban J connectivity index is 1.95. The Hall–Kier alpha value is -0.610. The van der Waals surface area contributed by atoms with Gasteiger partial charge in [-0.1, -0.05) is 15.9 Å². The molecule has 4 heteroatoms. The minimum Gasteiger partial charge on any atom is -0.472 e. The normalized spacial score (nSPS) is 21.9. The second-order valence-electron chi connectivity index (χ2n) is 3.27. The average molecular weight is 258 g/mol. The summed E-state index contributed by atoms with van der Waals surface area (Å²) in [6, 6.07) is 3.75. The predicted molar refractivity (Wildman–Crippen MR) is 56.4 cm³/mol. The molecule has 0 N–H and O–H groups in total. The molecule has 1 saturated heterocycles. The van der Waals surface area contributed by atoms with Crippen molar-refractivity contribution in [3.8, 4) is 5.88 Å². The average Bonchev–Trinajstić information content (AvgIpc) is 2.19. The van der Waals surface area contributed by atoms with E-state index in [1.165, 1.54) is 0 Å². The van der Waals surface area contributed by atoms with Crippen LogP contribution in [0.4, 0.5) is 0 Å². The van der Waals surface area contributed by atoms with Crippen LogP contribution in [0.3, 0.4) is 0 Å². The molecule has 0 aliphatic carbocycles. The number of aromatic nitrogens is 1. The van der Waals surface area contributed by atoms with E-state index in [4.69, 9.17) is 9.47 Å². The largest absolute Gasteiger partial charge is 0.472 e. The maximum absolute atomic E-state index is 5.67. The Morgan fingerprint density at radius 1 is 1.57 bits per heavy atom. The highest BCUT2D eigenvalue weighted by Crippen LogP contribution is 2.18. The molecule has 1 unspecified atom stereocenters. The van der Waals surface area contributed by atoms with Gasteiger partial charge in [-0.05, 0) is 18.9 Å². The van der Waals surface area contributed by atoms with Crippen molar-refractivity contribution in [1.82, 2.24) is 4.98 Å². The molecule has 0 saturated carbocycles. The highest BCUT2D eigenvalue weighted by atomic mass is 79.9. The lowest BCUT2D eigenvalue weighted by Crippen LogP contribution is -2.28. The van der Waals surface area contributed by atoms with Crippen molar-refractivity contribution in [3.05, 3.63) is 22.8 Å². The lowest BCUT2D eigenvalue weighted by molar-refractivity contribution is 0.00547. The molecule has 1 fully saturated rings. The van der Waals surface area contributed by atoms with E-state index in [1.807, 2.05) is 12.1 Å². The van der Waals surface area contributed by atoms with Crippen molar-refractivity contribution >= 4 is 15.9 Å². The predicted octanol–water partition coefficient (Wildman–Crippen LogP) is 2.40. The van der Waals surface area contributed by atoms with Crippen LogP contribution in [0.25, 0.3) is 0 Å². The van der Waals surface area contributed by atoms with Gasteiger partial charge in [-0.2, -0.15) is 0 Å². The van der Waals surface area contributed by atoms with Crippen molar-refractivity contribution in [2.75, 3.05) is 13.2 Å². The minimum atomic E-state index is 0.158. The van der Waals surface area contributed by atoms with Crippen LogP contribution in [0.2, 0.25) is 0 Å². The molecule has 1 aliphatic heterocycles. The Labute approximate surface area is 91.6 Å². The molecular formula is C10H12BrNO2. The van der Waals surface area contributed by atoms with E-state index in [1.54, 1.807) is 6.20 Å². The van der Waals surface area contributed by atoms with Crippen molar-refractivity contribution < 1.29 is 9.47 Å². The number of hydrogen-bond donors (Lipinski definition) is 0. The van der Waals surface area contributed by atoms with Crippen LogP contribution in [0, 0.1) is 0 Å². The highest BCUT2D eigenvalue weighted by Gasteiger charge is 2.15. The van der Waals surface area contributed by atoms with Crippen molar-refractivity contribution in [2.45, 2.75) is 18.9 Å². The van der Waals surface area contributed by atoms with Crippen LogP contribution in [0.5, 0.6) is 5.88 Å². The SMILES string of the molecule is Brc1ccnc(OC2CCCOC2)c1. The van der Waals surface area contributed by atoms with E-state index in [0.29, 0.717) is 12.5 Å². The van der Waals surface area contributed by atoms with Crippen molar-refractivity contribution in [3.63, 3.8) is 0 Å². The van der Waals surface area contributed by atoms with Crippen molar-refractivity contribution in [2.24, 2.45) is 0 Å². The first-order valence-corrected chi connectivity index (χ1v) is 5.50. The highest BCUT2D eigenvalue weighted by molar-refractivity contribution is 9.10. The zero-order chi connectivity index (χ0) is 9.80. The molecule has 2 heterocycles. The first-order valence-electron chi connectivity index (χ1n) is 4.70. The van der Waals surface area contributed by atoms with E-state index in [2.05, 4.69) is 20.9 Å². The number of halogens is 1. The summed E-state index contributed by atoms with van der Waals surface area (Å²) in [6.45, 7) is 1.53. The number of pyridine rings is 1. The molecule has 14 heavy (non-hydrogen) atoms. The molecule has 2 rings (SSSR count). The zero-order valence-corrected chi connectivity index (χ0v) is 9.37. The topological polar surface area (TPSA) is 31.4 Å². The van der Waals surface area contributed by atoms with E-state index >= 15 is 0 Å². The van der Waals surface area contributed by atoms with Gasteiger partial charge < -0.3 is 9.47 Å². The lowest BCUT2D eigenvalue weighted by atomic mass is 10.2. The van der Waals surface area contributed by atoms with Gasteiger partial charge in [-0.25, -0.2) is 4.98 Å². The van der Waals surface area contributed by atoms with Crippen LogP contribution in [0.1, 0.15) is 12.8 Å². The summed E-state index contributed by atoms with van der Waals surface area (Å²) in [6.07, 6.45) is 4.00. The van der Waals surface area contributed by atoms with Gasteiger partial charge in [0.1, 0.15) is 6.10 Å². The standard InChI is InChI=1S/C10H12BrNO2/c11-8-3-4-12-10(6-8)14-9-2-1-5-13-7-9/h3-4,6,9H,1-2,5,7H2.